The third-order valence-electron chi connectivity index (χ3n) is 5.31. The second-order valence-electron chi connectivity index (χ2n) is 7.47. The van der Waals surface area contributed by atoms with Crippen LogP contribution in [0, 0.1) is 0 Å². The first-order chi connectivity index (χ1) is 14.5. The molecule has 7 heteroatoms. The molecule has 2 aromatic carbocycles. The van der Waals surface area contributed by atoms with Crippen molar-refractivity contribution >= 4 is 29.1 Å². The van der Waals surface area contributed by atoms with E-state index < -0.39 is 0 Å². The molecule has 0 unspecified atom stereocenters. The first-order valence-corrected chi connectivity index (χ1v) is 11.0. The molecule has 0 atom stereocenters. The molecule has 162 valence electrons. The molecule has 1 fully saturated rings. The van der Waals surface area contributed by atoms with Crippen molar-refractivity contribution in [2.45, 2.75) is 31.8 Å². The van der Waals surface area contributed by atoms with Gasteiger partial charge in [0.25, 0.3) is 0 Å². The molecule has 30 heavy (non-hydrogen) atoms. The second kappa shape index (κ2) is 11.6. The number of likely N-dealkylation sites (N-methyl/N-ethyl adjacent to an activating group) is 1. The van der Waals surface area contributed by atoms with Crippen LogP contribution in [0.1, 0.15) is 24.0 Å². The summed E-state index contributed by atoms with van der Waals surface area (Å²) in [4.78, 5) is 14.6. The van der Waals surface area contributed by atoms with Gasteiger partial charge in [-0.25, -0.2) is 0 Å². The van der Waals surface area contributed by atoms with E-state index in [0.29, 0.717) is 34.8 Å². The fraction of sp³-hybridized carbons (Fsp3) is 0.435. The van der Waals surface area contributed by atoms with Gasteiger partial charge in [-0.15, -0.1) is 0 Å². The minimum atomic E-state index is -0.130. The van der Waals surface area contributed by atoms with Crippen LogP contribution in [0.15, 0.2) is 42.5 Å². The molecule has 1 heterocycles. The Balaban J connectivity index is 1.44. The van der Waals surface area contributed by atoms with Gasteiger partial charge in [-0.3, -0.25) is 9.69 Å². The number of nitrogens with zero attached hydrogens (tertiary/aromatic N) is 1. The van der Waals surface area contributed by atoms with E-state index in [0.717, 1.165) is 43.9 Å². The molecule has 3 rings (SSSR count). The van der Waals surface area contributed by atoms with Crippen molar-refractivity contribution in [1.82, 2.24) is 10.2 Å². The number of halogens is 2. The fourth-order valence-corrected chi connectivity index (χ4v) is 4.02. The molecule has 0 radical (unpaired) electrons. The Labute approximate surface area is 188 Å². The van der Waals surface area contributed by atoms with Crippen molar-refractivity contribution in [2.24, 2.45) is 0 Å². The zero-order valence-electron chi connectivity index (χ0n) is 17.2. The lowest BCUT2D eigenvalue weighted by Crippen LogP contribution is -2.38. The summed E-state index contributed by atoms with van der Waals surface area (Å²) in [5.74, 6) is 0.672. The van der Waals surface area contributed by atoms with Crippen molar-refractivity contribution in [3.05, 3.63) is 63.6 Å². The van der Waals surface area contributed by atoms with E-state index in [2.05, 4.69) is 17.3 Å². The van der Waals surface area contributed by atoms with Gasteiger partial charge in [-0.2, -0.15) is 0 Å². The Morgan fingerprint density at radius 3 is 2.60 bits per heavy atom. The molecule has 0 aromatic heterocycles. The normalized spacial score (nSPS) is 14.7. The van der Waals surface area contributed by atoms with Crippen molar-refractivity contribution < 1.29 is 14.3 Å². The molecule has 1 N–H and O–H groups in total. The van der Waals surface area contributed by atoms with Gasteiger partial charge in [0.1, 0.15) is 12.4 Å². The van der Waals surface area contributed by atoms with E-state index in [9.17, 15) is 4.79 Å². The molecule has 1 aliphatic heterocycles. The summed E-state index contributed by atoms with van der Waals surface area (Å²) in [5.41, 5.74) is 1.62. The largest absolute Gasteiger partial charge is 0.492 e. The summed E-state index contributed by atoms with van der Waals surface area (Å²) in [7, 11) is 2.14. The Kier molecular flexibility index (Phi) is 8.82. The standard InChI is InChI=1S/C23H28Cl2N2O3/c1-27(18-8-11-29-12-9-18)10-13-30-19-5-2-4-17(14-19)16-26-23(28)15-20-21(24)6-3-7-22(20)25/h2-7,14,18H,8-13,15-16H2,1H3,(H,26,28). The van der Waals surface area contributed by atoms with E-state index in [-0.39, 0.29) is 12.3 Å². The molecule has 0 saturated carbocycles. The van der Waals surface area contributed by atoms with Crippen LogP contribution >= 0.6 is 23.2 Å². The molecular weight excluding hydrogens is 423 g/mol. The van der Waals surface area contributed by atoms with Gasteiger partial charge in [0.15, 0.2) is 0 Å². The average molecular weight is 451 g/mol. The van der Waals surface area contributed by atoms with Crippen LogP contribution in [0.3, 0.4) is 0 Å². The van der Waals surface area contributed by atoms with Crippen LogP contribution in [0.5, 0.6) is 5.75 Å². The quantitative estimate of drug-likeness (QED) is 0.616. The Morgan fingerprint density at radius 2 is 1.87 bits per heavy atom. The Morgan fingerprint density at radius 1 is 1.17 bits per heavy atom. The molecule has 1 saturated heterocycles. The third kappa shape index (κ3) is 6.88. The molecular formula is C23H28Cl2N2O3. The molecule has 0 aliphatic carbocycles. The van der Waals surface area contributed by atoms with Gasteiger partial charge in [0.2, 0.25) is 5.91 Å². The van der Waals surface area contributed by atoms with Gasteiger partial charge >= 0.3 is 0 Å². The first-order valence-electron chi connectivity index (χ1n) is 10.2. The highest BCUT2D eigenvalue weighted by Crippen LogP contribution is 2.24. The van der Waals surface area contributed by atoms with Gasteiger partial charge in [-0.05, 0) is 55.3 Å². The average Bonchev–Trinajstić information content (AvgIpc) is 2.76. The molecule has 2 aromatic rings. The SMILES string of the molecule is CN(CCOc1cccc(CNC(=O)Cc2c(Cl)cccc2Cl)c1)C1CCOCC1. The van der Waals surface area contributed by atoms with E-state index in [1.165, 1.54) is 0 Å². The number of rotatable bonds is 9. The summed E-state index contributed by atoms with van der Waals surface area (Å²) in [6.45, 7) is 3.58. The van der Waals surface area contributed by atoms with E-state index in [1.54, 1.807) is 18.2 Å². The van der Waals surface area contributed by atoms with Crippen molar-refractivity contribution in [2.75, 3.05) is 33.4 Å². The number of carbonyl (C=O) groups is 1. The van der Waals surface area contributed by atoms with Crippen LogP contribution in [0.25, 0.3) is 0 Å². The zero-order chi connectivity index (χ0) is 21.3. The van der Waals surface area contributed by atoms with Gasteiger partial charge < -0.3 is 14.8 Å². The van der Waals surface area contributed by atoms with Crippen LogP contribution in [-0.4, -0.2) is 50.3 Å². The maximum atomic E-state index is 12.3. The highest BCUT2D eigenvalue weighted by Gasteiger charge is 2.18. The van der Waals surface area contributed by atoms with E-state index in [4.69, 9.17) is 32.7 Å². The second-order valence-corrected chi connectivity index (χ2v) is 8.29. The number of hydrogen-bond acceptors (Lipinski definition) is 4. The van der Waals surface area contributed by atoms with Crippen molar-refractivity contribution in [1.29, 1.82) is 0 Å². The summed E-state index contributed by atoms with van der Waals surface area (Å²) in [6, 6.07) is 13.6. The number of amides is 1. The minimum absolute atomic E-state index is 0.130. The molecule has 5 nitrogen and oxygen atoms in total. The van der Waals surface area contributed by atoms with Crippen LogP contribution in [0.4, 0.5) is 0 Å². The number of ether oxygens (including phenoxy) is 2. The summed E-state index contributed by atoms with van der Waals surface area (Å²) >= 11 is 12.3. The highest BCUT2D eigenvalue weighted by molar-refractivity contribution is 6.36. The Bertz CT molecular complexity index is 821. The van der Waals surface area contributed by atoms with Crippen LogP contribution in [-0.2, 0) is 22.5 Å². The van der Waals surface area contributed by atoms with Gasteiger partial charge in [0.05, 0.1) is 6.42 Å². The van der Waals surface area contributed by atoms with Gasteiger partial charge in [-0.1, -0.05) is 41.4 Å². The lowest BCUT2D eigenvalue weighted by molar-refractivity contribution is -0.120. The maximum Gasteiger partial charge on any atom is 0.224 e. The topological polar surface area (TPSA) is 50.8 Å². The maximum absolute atomic E-state index is 12.3. The summed E-state index contributed by atoms with van der Waals surface area (Å²) in [6.07, 6.45) is 2.30. The molecule has 0 bridgehead atoms. The Hall–Kier alpha value is -1.79. The van der Waals surface area contributed by atoms with Gasteiger partial charge in [0, 0.05) is 42.4 Å². The number of carbonyl (C=O) groups excluding carboxylic acids is 1. The van der Waals surface area contributed by atoms with Crippen LogP contribution in [0.2, 0.25) is 10.0 Å². The molecule has 1 amide bonds. The predicted octanol–water partition coefficient (Wildman–Crippen LogP) is 4.34. The number of hydrogen-bond donors (Lipinski definition) is 1. The summed E-state index contributed by atoms with van der Waals surface area (Å²) in [5, 5.41) is 3.91. The third-order valence-corrected chi connectivity index (χ3v) is 6.02. The van der Waals surface area contributed by atoms with E-state index in [1.807, 2.05) is 24.3 Å². The van der Waals surface area contributed by atoms with Crippen molar-refractivity contribution in [3.8, 4) is 5.75 Å². The van der Waals surface area contributed by atoms with Crippen molar-refractivity contribution in [3.63, 3.8) is 0 Å². The van der Waals surface area contributed by atoms with Crippen LogP contribution < -0.4 is 10.1 Å². The lowest BCUT2D eigenvalue weighted by Gasteiger charge is -2.31. The molecule has 1 aliphatic rings. The minimum Gasteiger partial charge on any atom is -0.492 e. The number of benzene rings is 2. The summed E-state index contributed by atoms with van der Waals surface area (Å²) < 4.78 is 11.3. The predicted molar refractivity (Wildman–Crippen MR) is 120 cm³/mol. The van der Waals surface area contributed by atoms with E-state index >= 15 is 0 Å². The monoisotopic (exact) mass is 450 g/mol. The highest BCUT2D eigenvalue weighted by atomic mass is 35.5. The first kappa shape index (κ1) is 22.9. The molecule has 0 spiro atoms. The lowest BCUT2D eigenvalue weighted by atomic mass is 10.1. The smallest absolute Gasteiger partial charge is 0.224 e. The fourth-order valence-electron chi connectivity index (χ4n) is 3.49. The zero-order valence-corrected chi connectivity index (χ0v) is 18.7. The number of nitrogens with one attached hydrogen (secondary N) is 1.